The Labute approximate surface area is 152 Å². The molecule has 1 fully saturated rings. The molecule has 1 aromatic carbocycles. The number of nitro benzene ring substituents is 1. The number of non-ortho nitro benzene ring substituents is 1. The molecule has 2 heterocycles. The Kier molecular flexibility index (Phi) is 4.83. The third-order valence-electron chi connectivity index (χ3n) is 4.13. The molecule has 24 heavy (non-hydrogen) atoms. The van der Waals surface area contributed by atoms with Crippen LogP contribution in [-0.2, 0) is 0 Å². The van der Waals surface area contributed by atoms with Crippen LogP contribution in [0.5, 0.6) is 0 Å². The number of carbonyl (C=O) groups is 1. The second kappa shape index (κ2) is 6.88. The summed E-state index contributed by atoms with van der Waals surface area (Å²) in [5, 5.41) is 15.4. The SMILES string of the molecule is Cc1cnn([C@@H]2CCCN(C(=O)c3cc(I)cc([N+](=O)[O-])c3)C2)c1. The molecule has 1 aromatic heterocycles. The number of carbonyl (C=O) groups excluding carboxylic acids is 1. The zero-order valence-electron chi connectivity index (χ0n) is 13.2. The standard InChI is InChI=1S/C16H17IN4O3/c1-11-8-18-20(9-11)14-3-2-4-19(10-14)16(22)12-5-13(17)7-15(6-12)21(23)24/h5-9,14H,2-4,10H2,1H3/t14-/m1/s1. The highest BCUT2D eigenvalue weighted by atomic mass is 127. The van der Waals surface area contributed by atoms with Crippen LogP contribution in [0.2, 0.25) is 0 Å². The molecule has 0 bridgehead atoms. The molecule has 3 rings (SSSR count). The minimum absolute atomic E-state index is 0.0542. The first-order valence-corrected chi connectivity index (χ1v) is 8.77. The summed E-state index contributed by atoms with van der Waals surface area (Å²) in [5.74, 6) is -0.162. The van der Waals surface area contributed by atoms with Crippen molar-refractivity contribution in [3.63, 3.8) is 0 Å². The highest BCUT2D eigenvalue weighted by Crippen LogP contribution is 2.25. The van der Waals surface area contributed by atoms with Crippen LogP contribution in [0.25, 0.3) is 0 Å². The van der Waals surface area contributed by atoms with Gasteiger partial charge >= 0.3 is 0 Å². The predicted molar refractivity (Wildman–Crippen MR) is 97.0 cm³/mol. The fraction of sp³-hybridized carbons (Fsp3) is 0.375. The Morgan fingerprint density at radius 2 is 2.21 bits per heavy atom. The Hall–Kier alpha value is -1.97. The van der Waals surface area contributed by atoms with E-state index in [1.165, 1.54) is 12.1 Å². The number of likely N-dealkylation sites (tertiary alicyclic amines) is 1. The second-order valence-corrected chi connectivity index (χ2v) is 7.25. The van der Waals surface area contributed by atoms with Crippen LogP contribution >= 0.6 is 22.6 Å². The number of rotatable bonds is 3. The van der Waals surface area contributed by atoms with E-state index < -0.39 is 4.92 Å². The quantitative estimate of drug-likeness (QED) is 0.417. The predicted octanol–water partition coefficient (Wildman–Crippen LogP) is 3.18. The van der Waals surface area contributed by atoms with Crippen LogP contribution in [-0.4, -0.2) is 38.6 Å². The van der Waals surface area contributed by atoms with Crippen LogP contribution in [0.3, 0.4) is 0 Å². The van der Waals surface area contributed by atoms with E-state index in [1.807, 2.05) is 46.6 Å². The van der Waals surface area contributed by atoms with Crippen molar-refractivity contribution in [3.05, 3.63) is 55.4 Å². The molecule has 1 aliphatic heterocycles. The molecular formula is C16H17IN4O3. The maximum Gasteiger partial charge on any atom is 0.271 e. The van der Waals surface area contributed by atoms with Crippen molar-refractivity contribution in [2.45, 2.75) is 25.8 Å². The second-order valence-electron chi connectivity index (χ2n) is 6.00. The van der Waals surface area contributed by atoms with Gasteiger partial charge in [-0.1, -0.05) is 0 Å². The third kappa shape index (κ3) is 3.58. The number of nitro groups is 1. The van der Waals surface area contributed by atoms with E-state index in [0.29, 0.717) is 22.2 Å². The molecule has 0 aliphatic carbocycles. The lowest BCUT2D eigenvalue weighted by Gasteiger charge is -2.33. The Morgan fingerprint density at radius 1 is 1.42 bits per heavy atom. The van der Waals surface area contributed by atoms with E-state index in [1.54, 1.807) is 11.0 Å². The van der Waals surface area contributed by atoms with E-state index in [2.05, 4.69) is 5.10 Å². The largest absolute Gasteiger partial charge is 0.336 e. The summed E-state index contributed by atoms with van der Waals surface area (Å²) in [6.45, 7) is 3.22. The number of amides is 1. The molecule has 8 heteroatoms. The van der Waals surface area contributed by atoms with Crippen molar-refractivity contribution in [3.8, 4) is 0 Å². The summed E-state index contributed by atoms with van der Waals surface area (Å²) in [7, 11) is 0. The van der Waals surface area contributed by atoms with Crippen LogP contribution in [0.15, 0.2) is 30.6 Å². The molecule has 0 N–H and O–H groups in total. The van der Waals surface area contributed by atoms with E-state index in [0.717, 1.165) is 18.4 Å². The highest BCUT2D eigenvalue weighted by molar-refractivity contribution is 14.1. The summed E-state index contributed by atoms with van der Waals surface area (Å²) in [6, 6.07) is 4.65. The monoisotopic (exact) mass is 440 g/mol. The van der Waals surface area contributed by atoms with Gasteiger partial charge in [-0.2, -0.15) is 5.10 Å². The number of hydrogen-bond acceptors (Lipinski definition) is 4. The van der Waals surface area contributed by atoms with Crippen molar-refractivity contribution >= 4 is 34.2 Å². The first kappa shape index (κ1) is 16.9. The van der Waals surface area contributed by atoms with Crippen LogP contribution in [0.1, 0.15) is 34.8 Å². The highest BCUT2D eigenvalue weighted by Gasteiger charge is 2.27. The van der Waals surface area contributed by atoms with Gasteiger partial charge in [0.2, 0.25) is 0 Å². The molecule has 0 spiro atoms. The van der Waals surface area contributed by atoms with Crippen molar-refractivity contribution < 1.29 is 9.72 Å². The molecule has 1 amide bonds. The number of nitrogens with zero attached hydrogens (tertiary/aromatic N) is 4. The van der Waals surface area contributed by atoms with Gasteiger partial charge in [0.15, 0.2) is 0 Å². The van der Waals surface area contributed by atoms with Crippen molar-refractivity contribution in [2.75, 3.05) is 13.1 Å². The number of aryl methyl sites for hydroxylation is 1. The average molecular weight is 440 g/mol. The van der Waals surface area contributed by atoms with Crippen molar-refractivity contribution in [1.82, 2.24) is 14.7 Å². The van der Waals surface area contributed by atoms with E-state index in [4.69, 9.17) is 0 Å². The van der Waals surface area contributed by atoms with Gasteiger partial charge in [-0.25, -0.2) is 0 Å². The fourth-order valence-electron chi connectivity index (χ4n) is 2.97. The molecule has 1 aliphatic rings. The van der Waals surface area contributed by atoms with E-state index in [-0.39, 0.29) is 17.6 Å². The molecule has 7 nitrogen and oxygen atoms in total. The smallest absolute Gasteiger partial charge is 0.271 e. The Morgan fingerprint density at radius 3 is 2.88 bits per heavy atom. The maximum absolute atomic E-state index is 12.8. The van der Waals surface area contributed by atoms with Crippen LogP contribution in [0, 0.1) is 20.6 Å². The molecule has 0 saturated carbocycles. The minimum atomic E-state index is -0.468. The van der Waals surface area contributed by atoms with Gasteiger partial charge in [-0.05, 0) is 54.0 Å². The van der Waals surface area contributed by atoms with Crippen molar-refractivity contribution in [2.24, 2.45) is 0 Å². The summed E-state index contributed by atoms with van der Waals surface area (Å²) in [4.78, 5) is 25.1. The number of halogens is 1. The lowest BCUT2D eigenvalue weighted by molar-refractivity contribution is -0.385. The summed E-state index contributed by atoms with van der Waals surface area (Å²) in [6.07, 6.45) is 5.65. The average Bonchev–Trinajstić information content (AvgIpc) is 3.00. The number of benzene rings is 1. The fourth-order valence-corrected chi connectivity index (χ4v) is 3.63. The van der Waals surface area contributed by atoms with Gasteiger partial charge in [0.1, 0.15) is 0 Å². The number of piperidine rings is 1. The van der Waals surface area contributed by atoms with Gasteiger partial charge in [-0.3, -0.25) is 19.6 Å². The lowest BCUT2D eigenvalue weighted by atomic mass is 10.0. The lowest BCUT2D eigenvalue weighted by Crippen LogP contribution is -2.40. The van der Waals surface area contributed by atoms with Crippen LogP contribution in [0.4, 0.5) is 5.69 Å². The van der Waals surface area contributed by atoms with E-state index in [9.17, 15) is 14.9 Å². The zero-order chi connectivity index (χ0) is 17.3. The van der Waals surface area contributed by atoms with Gasteiger partial charge in [0, 0.05) is 40.6 Å². The topological polar surface area (TPSA) is 81.3 Å². The molecule has 126 valence electrons. The third-order valence-corrected chi connectivity index (χ3v) is 4.75. The van der Waals surface area contributed by atoms with Gasteiger partial charge < -0.3 is 4.90 Å². The van der Waals surface area contributed by atoms with Crippen molar-refractivity contribution in [1.29, 1.82) is 0 Å². The molecule has 1 atom stereocenters. The molecule has 0 unspecified atom stereocenters. The minimum Gasteiger partial charge on any atom is -0.336 e. The molecule has 2 aromatic rings. The first-order valence-electron chi connectivity index (χ1n) is 7.69. The molecule has 0 radical (unpaired) electrons. The van der Waals surface area contributed by atoms with Gasteiger partial charge in [0.05, 0.1) is 17.2 Å². The molecule has 1 saturated heterocycles. The summed E-state index contributed by atoms with van der Waals surface area (Å²) >= 11 is 2.00. The first-order chi connectivity index (χ1) is 11.4. The van der Waals surface area contributed by atoms with Gasteiger partial charge in [-0.15, -0.1) is 0 Å². The summed E-state index contributed by atoms with van der Waals surface area (Å²) in [5.41, 5.74) is 1.40. The van der Waals surface area contributed by atoms with Gasteiger partial charge in [0.25, 0.3) is 11.6 Å². The molecular weight excluding hydrogens is 423 g/mol. The zero-order valence-corrected chi connectivity index (χ0v) is 15.3. The van der Waals surface area contributed by atoms with E-state index >= 15 is 0 Å². The van der Waals surface area contributed by atoms with Crippen LogP contribution < -0.4 is 0 Å². The maximum atomic E-state index is 12.8. The normalized spacial score (nSPS) is 17.8. The number of hydrogen-bond donors (Lipinski definition) is 0. The summed E-state index contributed by atoms with van der Waals surface area (Å²) < 4.78 is 2.59. The number of aromatic nitrogens is 2. The Bertz CT molecular complexity index is 789. The Balaban J connectivity index is 1.81.